The molecule has 6 fully saturated rings. The molecule has 14 heteroatoms. The number of methoxy groups -OCH3 is 2. The molecule has 0 amide bonds. The summed E-state index contributed by atoms with van der Waals surface area (Å²) in [5, 5.41) is 15.4. The molecule has 0 spiro atoms. The average Bonchev–Trinajstić information content (AvgIpc) is 3.72. The van der Waals surface area contributed by atoms with E-state index >= 15 is 0 Å². The quantitative estimate of drug-likeness (QED) is 0.290. The number of hydrogen-bond donors (Lipinski definition) is 3. The number of carboxylic acid groups (broad SMARTS) is 1. The highest BCUT2D eigenvalue weighted by Gasteiger charge is 2.43. The molecule has 3 saturated carbocycles. The monoisotopic (exact) mass is 752 g/mol. The van der Waals surface area contributed by atoms with Crippen LogP contribution < -0.4 is 23.0 Å². The van der Waals surface area contributed by atoms with Gasteiger partial charge in [0, 0.05) is 40.9 Å². The zero-order valence-corrected chi connectivity index (χ0v) is 29.3. The SMILES string of the molecule is C.C.C.COC(=O)[C@@H]1C[C@@H]2CCCC[C@@H]2N1.COC(=O)[C@@H]1C[C@@H]2CCCC[C@@H]2N1C.O=C(O)[C@@H]1C[C@@H]2CCCC[C@@H]2N1.O=S(Cl)Cl.[Cl-].[HH]. The topological polar surface area (TPSA) is 134 Å². The van der Waals surface area contributed by atoms with Crippen molar-refractivity contribution in [1.82, 2.24) is 15.5 Å². The molecule has 0 radical (unpaired) electrons. The number of carbonyl (C=O) groups is 3. The molecule has 10 nitrogen and oxygen atoms in total. The highest BCUT2D eigenvalue weighted by Crippen LogP contribution is 2.39. The maximum absolute atomic E-state index is 11.5. The first kappa shape index (κ1) is 48.4. The first-order valence-electron chi connectivity index (χ1n) is 15.9. The third-order valence-corrected chi connectivity index (χ3v) is 10.4. The fourth-order valence-corrected chi connectivity index (χ4v) is 8.24. The van der Waals surface area contributed by atoms with Crippen molar-refractivity contribution >= 4 is 48.5 Å². The Balaban J connectivity index is -0.000000572. The molecule has 0 bridgehead atoms. The number of ether oxygens (including phenoxy) is 2. The van der Waals surface area contributed by atoms with Crippen LogP contribution in [-0.4, -0.2) is 89.6 Å². The van der Waals surface area contributed by atoms with Crippen LogP contribution in [0, 0.1) is 17.8 Å². The number of halogens is 3. The highest BCUT2D eigenvalue weighted by molar-refractivity contribution is 8.26. The largest absolute Gasteiger partial charge is 1.00 e. The van der Waals surface area contributed by atoms with E-state index in [1.54, 1.807) is 0 Å². The fraction of sp³-hybridized carbons (Fsp3) is 0.909. The second-order valence-electron chi connectivity index (χ2n) is 12.8. The predicted molar refractivity (Wildman–Crippen MR) is 190 cm³/mol. The van der Waals surface area contributed by atoms with Gasteiger partial charge in [-0.15, -0.1) is 0 Å². The van der Waals surface area contributed by atoms with Gasteiger partial charge in [0.1, 0.15) is 18.1 Å². The molecule has 0 unspecified atom stereocenters. The summed E-state index contributed by atoms with van der Waals surface area (Å²) in [6.45, 7) is 0. The van der Waals surface area contributed by atoms with Gasteiger partial charge in [-0.25, -0.2) is 4.21 Å². The summed E-state index contributed by atoms with van der Waals surface area (Å²) in [7, 11) is 12.4. The summed E-state index contributed by atoms with van der Waals surface area (Å²) in [6.07, 6.45) is 18.2. The van der Waals surface area contributed by atoms with Crippen molar-refractivity contribution in [2.45, 2.75) is 155 Å². The standard InChI is InChI=1S/C11H19NO2.C10H17NO2.C9H15NO2.3CH4.Cl2OS.ClH.H2/c1-12-9-6-4-3-5-8(9)7-10(12)11(13)14-2;1-13-10(12)9-6-7-4-2-3-5-8(7)11-9;11-9(12)8-5-6-3-1-2-4-7(6)10-8;;;;1-4(2)3;;/h8-10H,3-7H2,1-2H3;7-9,11H,2-6H2,1H3;6-8,10H,1-5H2,(H,11,12);3*1H4;;2*1H/p-1/t8-,9-,10-;7-,8-,9-;6-,7-,8-;;;;;;/m000....../s1. The van der Waals surface area contributed by atoms with Crippen molar-refractivity contribution in [2.24, 2.45) is 17.8 Å². The Bertz CT molecular complexity index is 928. The highest BCUT2D eigenvalue weighted by atomic mass is 36.0. The molecule has 3 N–H and O–H groups in total. The van der Waals surface area contributed by atoms with Crippen LogP contribution in [0.2, 0.25) is 0 Å². The maximum Gasteiger partial charge on any atom is 0.323 e. The van der Waals surface area contributed by atoms with E-state index in [1.807, 2.05) is 0 Å². The number of likely N-dealkylation sites (tertiary alicyclic amines) is 1. The summed E-state index contributed by atoms with van der Waals surface area (Å²) >= 11 is 0. The molecule has 0 aromatic heterocycles. The van der Waals surface area contributed by atoms with Crippen LogP contribution in [0.3, 0.4) is 0 Å². The van der Waals surface area contributed by atoms with Crippen LogP contribution in [0.4, 0.5) is 0 Å². The number of nitrogens with one attached hydrogen (secondary N) is 2. The maximum atomic E-state index is 11.5. The minimum Gasteiger partial charge on any atom is -1.00 e. The molecular weight excluding hydrogens is 689 g/mol. The number of likely N-dealkylation sites (N-methyl/N-ethyl adjacent to an activating group) is 1. The van der Waals surface area contributed by atoms with Crippen LogP contribution in [0.25, 0.3) is 0 Å². The molecule has 0 aromatic carbocycles. The Morgan fingerprint density at radius 3 is 1.55 bits per heavy atom. The van der Waals surface area contributed by atoms with E-state index in [-0.39, 0.29) is 66.2 Å². The molecule has 6 rings (SSSR count). The van der Waals surface area contributed by atoms with Crippen molar-refractivity contribution in [3.05, 3.63) is 0 Å². The molecule has 47 heavy (non-hydrogen) atoms. The molecule has 3 heterocycles. The molecule has 9 atom stereocenters. The van der Waals surface area contributed by atoms with E-state index < -0.39 is 15.2 Å². The number of carbonyl (C=O) groups excluding carboxylic acids is 2. The number of aliphatic carboxylic acids is 1. The summed E-state index contributed by atoms with van der Waals surface area (Å²) in [4.78, 5) is 35.7. The van der Waals surface area contributed by atoms with Gasteiger partial charge in [-0.1, -0.05) is 60.8 Å². The first-order chi connectivity index (χ1) is 20.5. The number of esters is 2. The van der Waals surface area contributed by atoms with Crippen molar-refractivity contribution in [2.75, 3.05) is 21.3 Å². The van der Waals surface area contributed by atoms with Crippen LogP contribution >= 0.6 is 21.4 Å². The van der Waals surface area contributed by atoms with E-state index in [0.29, 0.717) is 24.0 Å². The van der Waals surface area contributed by atoms with E-state index in [4.69, 9.17) is 18.8 Å². The summed E-state index contributed by atoms with van der Waals surface area (Å²) < 4.78 is 18.7. The third kappa shape index (κ3) is 14.6. The average molecular weight is 754 g/mol. The Hall–Kier alpha value is -0.690. The van der Waals surface area contributed by atoms with E-state index in [1.165, 1.54) is 91.3 Å². The zero-order chi connectivity index (χ0) is 31.5. The molecule has 3 aliphatic heterocycles. The van der Waals surface area contributed by atoms with Gasteiger partial charge in [-0.3, -0.25) is 19.3 Å². The molecule has 6 aliphatic rings. The number of carboxylic acids is 1. The van der Waals surface area contributed by atoms with Gasteiger partial charge in [0.2, 0.25) is 9.23 Å². The number of fused-ring (bicyclic) bond motifs is 3. The van der Waals surface area contributed by atoms with Gasteiger partial charge < -0.3 is 37.6 Å². The van der Waals surface area contributed by atoms with Gasteiger partial charge in [0.15, 0.2) is 0 Å². The summed E-state index contributed by atoms with van der Waals surface area (Å²) in [6, 6.07) is 1.44. The molecule has 282 valence electrons. The minimum atomic E-state index is -1.67. The number of hydrogen-bond acceptors (Lipinski definition) is 9. The zero-order valence-electron chi connectivity index (χ0n) is 26.2. The minimum absolute atomic E-state index is 0. The Morgan fingerprint density at radius 2 is 1.13 bits per heavy atom. The molecule has 0 aromatic rings. The first-order valence-corrected chi connectivity index (χ1v) is 18.7. The van der Waals surface area contributed by atoms with Gasteiger partial charge >= 0.3 is 17.9 Å². The lowest BCUT2D eigenvalue weighted by atomic mass is 9.85. The van der Waals surface area contributed by atoms with Crippen molar-refractivity contribution in [3.8, 4) is 0 Å². The number of rotatable bonds is 3. The van der Waals surface area contributed by atoms with Crippen LogP contribution in [0.5, 0.6) is 0 Å². The van der Waals surface area contributed by atoms with Crippen molar-refractivity contribution in [3.63, 3.8) is 0 Å². The van der Waals surface area contributed by atoms with Crippen LogP contribution in [0.1, 0.15) is 120 Å². The fourth-order valence-electron chi connectivity index (χ4n) is 8.24. The van der Waals surface area contributed by atoms with E-state index in [2.05, 4.69) is 43.9 Å². The molecular formula is C33H65Cl3N3O7S-. The van der Waals surface area contributed by atoms with E-state index in [0.717, 1.165) is 31.1 Å². The van der Waals surface area contributed by atoms with Gasteiger partial charge in [0.05, 0.1) is 14.2 Å². The van der Waals surface area contributed by atoms with Crippen molar-refractivity contribution in [1.29, 1.82) is 0 Å². The second-order valence-corrected chi connectivity index (χ2v) is 15.3. The summed E-state index contributed by atoms with van der Waals surface area (Å²) in [5.74, 6) is 1.27. The van der Waals surface area contributed by atoms with Crippen molar-refractivity contribution < 1.29 is 47.0 Å². The normalized spacial score (nSPS) is 33.1. The lowest BCUT2D eigenvalue weighted by molar-refractivity contribution is -0.146. The lowest BCUT2D eigenvalue weighted by Crippen LogP contribution is -3.00. The predicted octanol–water partition coefficient (Wildman–Crippen LogP) is 3.70. The van der Waals surface area contributed by atoms with Gasteiger partial charge in [-0.05, 0) is 82.6 Å². The lowest BCUT2D eigenvalue weighted by Gasteiger charge is -2.30. The van der Waals surface area contributed by atoms with Crippen LogP contribution in [0.15, 0.2) is 0 Å². The van der Waals surface area contributed by atoms with Crippen LogP contribution in [-0.2, 0) is 33.1 Å². The van der Waals surface area contributed by atoms with Gasteiger partial charge in [-0.2, -0.15) is 0 Å². The third-order valence-electron chi connectivity index (χ3n) is 10.4. The Kier molecular flexibility index (Phi) is 25.2. The Labute approximate surface area is 303 Å². The molecule has 3 aliphatic carbocycles. The second kappa shape index (κ2) is 24.5. The Morgan fingerprint density at radius 1 is 0.723 bits per heavy atom. The van der Waals surface area contributed by atoms with Gasteiger partial charge in [0.25, 0.3) is 0 Å². The smallest absolute Gasteiger partial charge is 0.323 e. The summed E-state index contributed by atoms with van der Waals surface area (Å²) in [5.41, 5.74) is 0. The molecule has 3 saturated heterocycles. The van der Waals surface area contributed by atoms with E-state index in [9.17, 15) is 14.4 Å². The number of nitrogens with zero attached hydrogens (tertiary/aromatic N) is 1.